The second-order valence-electron chi connectivity index (χ2n) is 7.06. The van der Waals surface area contributed by atoms with E-state index in [-0.39, 0.29) is 18.2 Å². The Bertz CT molecular complexity index is 310. The molecule has 0 rings (SSSR count). The molecule has 1 atom stereocenters. The highest BCUT2D eigenvalue weighted by Gasteiger charge is 2.04. The summed E-state index contributed by atoms with van der Waals surface area (Å²) in [4.78, 5) is 11.4. The smallest absolute Gasteiger partial charge is 0.306 e. The van der Waals surface area contributed by atoms with Gasteiger partial charge in [-0.3, -0.25) is 4.79 Å². The van der Waals surface area contributed by atoms with Gasteiger partial charge >= 0.3 is 5.97 Å². The molecule has 0 radical (unpaired) electrons. The molecule has 0 bridgehead atoms. The van der Waals surface area contributed by atoms with Crippen LogP contribution in [-0.2, 0) is 9.53 Å². The standard InChI is InChI=1S/C21H40O3/c1-4-5-6-13-16-20(22)17-14-11-9-7-8-10-12-15-18-21(23)24-19(2)3/h11,14,19-20,22H,4-10,12-13,15-18H2,1-3H3/b14-11-. The fourth-order valence-electron chi connectivity index (χ4n) is 2.68. The van der Waals surface area contributed by atoms with Crippen LogP contribution in [0.15, 0.2) is 12.2 Å². The number of unbranched alkanes of at least 4 members (excludes halogenated alkanes) is 8. The normalized spacial score (nSPS) is 12.9. The molecule has 0 aromatic carbocycles. The molecule has 0 amide bonds. The van der Waals surface area contributed by atoms with Crippen molar-refractivity contribution in [2.45, 2.75) is 116 Å². The van der Waals surface area contributed by atoms with Crippen LogP contribution in [0.2, 0.25) is 0 Å². The van der Waals surface area contributed by atoms with Crippen molar-refractivity contribution in [2.24, 2.45) is 0 Å². The third kappa shape index (κ3) is 17.5. The molecule has 142 valence electrons. The number of carbonyl (C=O) groups is 1. The van der Waals surface area contributed by atoms with E-state index in [1.54, 1.807) is 0 Å². The van der Waals surface area contributed by atoms with E-state index in [9.17, 15) is 9.90 Å². The summed E-state index contributed by atoms with van der Waals surface area (Å²) in [5, 5.41) is 9.86. The molecular weight excluding hydrogens is 300 g/mol. The van der Waals surface area contributed by atoms with E-state index in [4.69, 9.17) is 4.74 Å². The average molecular weight is 341 g/mol. The Morgan fingerprint density at radius 2 is 1.62 bits per heavy atom. The van der Waals surface area contributed by atoms with Crippen molar-refractivity contribution in [3.8, 4) is 0 Å². The number of esters is 1. The van der Waals surface area contributed by atoms with Crippen LogP contribution in [0.4, 0.5) is 0 Å². The molecule has 0 saturated heterocycles. The van der Waals surface area contributed by atoms with Crippen LogP contribution in [0, 0.1) is 0 Å². The molecule has 0 fully saturated rings. The van der Waals surface area contributed by atoms with Crippen molar-refractivity contribution >= 4 is 5.97 Å². The Balaban J connectivity index is 3.33. The molecule has 0 aliphatic heterocycles. The third-order valence-electron chi connectivity index (χ3n) is 4.08. The summed E-state index contributed by atoms with van der Waals surface area (Å²) in [6, 6.07) is 0. The number of rotatable bonds is 16. The summed E-state index contributed by atoms with van der Waals surface area (Å²) in [6.45, 7) is 5.98. The zero-order chi connectivity index (χ0) is 18.0. The zero-order valence-electron chi connectivity index (χ0n) is 16.3. The summed E-state index contributed by atoms with van der Waals surface area (Å²) in [7, 11) is 0. The van der Waals surface area contributed by atoms with Gasteiger partial charge in [0.25, 0.3) is 0 Å². The highest BCUT2D eigenvalue weighted by Crippen LogP contribution is 2.11. The second kappa shape index (κ2) is 17.0. The minimum atomic E-state index is -0.163. The first-order chi connectivity index (χ1) is 11.6. The van der Waals surface area contributed by atoms with Gasteiger partial charge in [0.1, 0.15) is 0 Å². The van der Waals surface area contributed by atoms with Gasteiger partial charge in [0.2, 0.25) is 0 Å². The fraction of sp³-hybridized carbons (Fsp3) is 0.857. The molecule has 3 heteroatoms. The van der Waals surface area contributed by atoms with Crippen molar-refractivity contribution in [1.29, 1.82) is 0 Å². The molecule has 0 saturated carbocycles. The maximum absolute atomic E-state index is 11.4. The number of allylic oxidation sites excluding steroid dienone is 1. The fourth-order valence-corrected chi connectivity index (χ4v) is 2.68. The second-order valence-corrected chi connectivity index (χ2v) is 7.06. The third-order valence-corrected chi connectivity index (χ3v) is 4.08. The van der Waals surface area contributed by atoms with Crippen molar-refractivity contribution < 1.29 is 14.6 Å². The van der Waals surface area contributed by atoms with E-state index in [1.807, 2.05) is 13.8 Å². The summed E-state index contributed by atoms with van der Waals surface area (Å²) in [6.07, 6.45) is 18.1. The molecule has 0 heterocycles. The van der Waals surface area contributed by atoms with Gasteiger partial charge in [-0.05, 0) is 46.0 Å². The monoisotopic (exact) mass is 340 g/mol. The summed E-state index contributed by atoms with van der Waals surface area (Å²) >= 11 is 0. The molecule has 3 nitrogen and oxygen atoms in total. The number of ether oxygens (including phenoxy) is 1. The van der Waals surface area contributed by atoms with Crippen molar-refractivity contribution in [3.63, 3.8) is 0 Å². The Kier molecular flexibility index (Phi) is 16.4. The molecule has 24 heavy (non-hydrogen) atoms. The number of aliphatic hydroxyl groups excluding tert-OH is 1. The average Bonchev–Trinajstić information content (AvgIpc) is 2.52. The molecule has 0 aromatic rings. The first-order valence-corrected chi connectivity index (χ1v) is 10.1. The number of carbonyl (C=O) groups excluding carboxylic acids is 1. The maximum Gasteiger partial charge on any atom is 0.306 e. The molecule has 1 N–H and O–H groups in total. The number of hydrogen-bond donors (Lipinski definition) is 1. The predicted octanol–water partition coefficient (Wildman–Crippen LogP) is 5.95. The Hall–Kier alpha value is -0.830. The van der Waals surface area contributed by atoms with Crippen LogP contribution >= 0.6 is 0 Å². The lowest BCUT2D eigenvalue weighted by molar-refractivity contribution is -0.147. The largest absolute Gasteiger partial charge is 0.463 e. The zero-order valence-corrected chi connectivity index (χ0v) is 16.3. The van der Waals surface area contributed by atoms with Crippen LogP contribution in [0.3, 0.4) is 0 Å². The van der Waals surface area contributed by atoms with E-state index in [1.165, 1.54) is 38.5 Å². The summed E-state index contributed by atoms with van der Waals surface area (Å²) < 4.78 is 5.11. The molecule has 0 aliphatic carbocycles. The molecule has 0 aliphatic rings. The van der Waals surface area contributed by atoms with Gasteiger partial charge in [-0.2, -0.15) is 0 Å². The summed E-state index contributed by atoms with van der Waals surface area (Å²) in [5.41, 5.74) is 0. The van der Waals surface area contributed by atoms with Gasteiger partial charge in [-0.25, -0.2) is 0 Å². The van der Waals surface area contributed by atoms with Gasteiger partial charge in [0.05, 0.1) is 12.2 Å². The molecule has 0 spiro atoms. The van der Waals surface area contributed by atoms with Crippen LogP contribution in [0.5, 0.6) is 0 Å². The lowest BCUT2D eigenvalue weighted by atomic mass is 10.1. The minimum absolute atomic E-state index is 0.000791. The lowest BCUT2D eigenvalue weighted by Crippen LogP contribution is -2.10. The highest BCUT2D eigenvalue weighted by atomic mass is 16.5. The van der Waals surface area contributed by atoms with Gasteiger partial charge < -0.3 is 9.84 Å². The molecule has 0 aromatic heterocycles. The van der Waals surface area contributed by atoms with Crippen molar-refractivity contribution in [3.05, 3.63) is 12.2 Å². The number of aliphatic hydroxyl groups is 1. The van der Waals surface area contributed by atoms with E-state index in [0.717, 1.165) is 38.5 Å². The minimum Gasteiger partial charge on any atom is -0.463 e. The Labute approximate surface area is 149 Å². The maximum atomic E-state index is 11.4. The van der Waals surface area contributed by atoms with E-state index in [2.05, 4.69) is 19.1 Å². The van der Waals surface area contributed by atoms with Gasteiger partial charge in [-0.1, -0.05) is 64.0 Å². The molecule has 1 unspecified atom stereocenters. The van der Waals surface area contributed by atoms with Crippen LogP contribution in [0.25, 0.3) is 0 Å². The SMILES string of the molecule is CCCCCCC(O)C/C=C\CCCCCCCC(=O)OC(C)C. The van der Waals surface area contributed by atoms with Crippen LogP contribution in [-0.4, -0.2) is 23.3 Å². The van der Waals surface area contributed by atoms with Crippen LogP contribution < -0.4 is 0 Å². The van der Waals surface area contributed by atoms with E-state index in [0.29, 0.717) is 6.42 Å². The lowest BCUT2D eigenvalue weighted by Gasteiger charge is -2.07. The van der Waals surface area contributed by atoms with Gasteiger partial charge in [-0.15, -0.1) is 0 Å². The topological polar surface area (TPSA) is 46.5 Å². The van der Waals surface area contributed by atoms with Crippen molar-refractivity contribution in [2.75, 3.05) is 0 Å². The van der Waals surface area contributed by atoms with Gasteiger partial charge in [0, 0.05) is 6.42 Å². The first-order valence-electron chi connectivity index (χ1n) is 10.1. The van der Waals surface area contributed by atoms with Crippen molar-refractivity contribution in [1.82, 2.24) is 0 Å². The van der Waals surface area contributed by atoms with E-state index < -0.39 is 0 Å². The Morgan fingerprint density at radius 3 is 2.33 bits per heavy atom. The first kappa shape index (κ1) is 23.2. The molecular formula is C21H40O3. The summed E-state index contributed by atoms with van der Waals surface area (Å²) in [5.74, 6) is -0.0683. The Morgan fingerprint density at radius 1 is 0.958 bits per heavy atom. The number of hydrogen-bond acceptors (Lipinski definition) is 3. The predicted molar refractivity (Wildman–Crippen MR) is 102 cm³/mol. The van der Waals surface area contributed by atoms with Gasteiger partial charge in [0.15, 0.2) is 0 Å². The quantitative estimate of drug-likeness (QED) is 0.215. The highest BCUT2D eigenvalue weighted by molar-refractivity contribution is 5.69. The van der Waals surface area contributed by atoms with E-state index >= 15 is 0 Å². The van der Waals surface area contributed by atoms with Crippen LogP contribution in [0.1, 0.15) is 104 Å².